The van der Waals surface area contributed by atoms with Gasteiger partial charge in [0.15, 0.2) is 0 Å². The Morgan fingerprint density at radius 3 is 2.29 bits per heavy atom. The lowest BCUT2D eigenvalue weighted by Crippen LogP contribution is -2.30. The fraction of sp³-hybridized carbons (Fsp3) is 0.962. The van der Waals surface area contributed by atoms with E-state index in [0.29, 0.717) is 29.6 Å². The van der Waals surface area contributed by atoms with Gasteiger partial charge < -0.3 is 14.9 Å². The third kappa shape index (κ3) is 13.8. The molecule has 4 atom stereocenters. The molecular weight excluding hydrogens is 408 g/mol. The van der Waals surface area contributed by atoms with Crippen molar-refractivity contribution < 1.29 is 19.7 Å². The van der Waals surface area contributed by atoms with Gasteiger partial charge in [-0.25, -0.2) is 0 Å². The average molecular weight is 459 g/mol. The second kappa shape index (κ2) is 14.8. The van der Waals surface area contributed by atoms with Crippen LogP contribution in [0.2, 0.25) is 0 Å². The van der Waals surface area contributed by atoms with Gasteiger partial charge in [-0.05, 0) is 63.7 Å². The van der Waals surface area contributed by atoms with Crippen molar-refractivity contribution in [2.75, 3.05) is 12.4 Å². The normalized spacial score (nSPS) is 23.6. The molecule has 0 bridgehead atoms. The zero-order chi connectivity index (χ0) is 23.3. The minimum absolute atomic E-state index is 0.0913. The summed E-state index contributed by atoms with van der Waals surface area (Å²) in [7, 11) is 0. The number of hydrogen-bond acceptors (Lipinski definition) is 5. The van der Waals surface area contributed by atoms with Crippen LogP contribution >= 0.6 is 11.8 Å². The first-order valence-corrected chi connectivity index (χ1v) is 13.8. The van der Waals surface area contributed by atoms with E-state index in [1.54, 1.807) is 0 Å². The molecular formula is C26H50O4S. The number of carbonyl (C=O) groups excluding carboxylic acids is 1. The first kappa shape index (κ1) is 28.8. The Kier molecular flexibility index (Phi) is 13.7. The lowest BCUT2D eigenvalue weighted by molar-refractivity contribution is -0.143. The van der Waals surface area contributed by atoms with Gasteiger partial charge >= 0.3 is 5.97 Å². The first-order valence-electron chi connectivity index (χ1n) is 12.7. The summed E-state index contributed by atoms with van der Waals surface area (Å²) < 4.78 is 4.97. The molecule has 0 aliphatic heterocycles. The molecule has 5 heteroatoms. The van der Waals surface area contributed by atoms with Crippen molar-refractivity contribution in [3.63, 3.8) is 0 Å². The molecule has 0 amide bonds. The average Bonchev–Trinajstić information content (AvgIpc) is 3.01. The minimum atomic E-state index is -0.614. The molecule has 1 fully saturated rings. The lowest BCUT2D eigenvalue weighted by Gasteiger charge is -2.28. The molecule has 0 aromatic carbocycles. The minimum Gasteiger partial charge on any atom is -0.466 e. The number of aliphatic hydroxyl groups excluding tert-OH is 1. The van der Waals surface area contributed by atoms with Crippen molar-refractivity contribution in [2.24, 2.45) is 11.3 Å². The van der Waals surface area contributed by atoms with E-state index in [2.05, 4.69) is 20.8 Å². The molecule has 4 nitrogen and oxygen atoms in total. The van der Waals surface area contributed by atoms with Crippen molar-refractivity contribution in [2.45, 2.75) is 135 Å². The van der Waals surface area contributed by atoms with Crippen LogP contribution in [-0.2, 0) is 9.53 Å². The standard InChI is InChI=1S/C26H50O4S/c1-6-30-24(28)15-11-8-7-10-14-21-22(27)16-17-23(21)31-20-26(5,29)19-13-9-12-18-25(2,3)4/h21-23,27,29H,6-20H2,1-5H3. The van der Waals surface area contributed by atoms with Crippen LogP contribution in [0.25, 0.3) is 0 Å². The second-order valence-electron chi connectivity index (χ2n) is 11.0. The van der Waals surface area contributed by atoms with Crippen molar-refractivity contribution >= 4 is 17.7 Å². The monoisotopic (exact) mass is 458 g/mol. The second-order valence-corrected chi connectivity index (χ2v) is 12.3. The Morgan fingerprint density at radius 2 is 1.61 bits per heavy atom. The number of ether oxygens (including phenoxy) is 1. The maximum atomic E-state index is 11.4. The molecule has 0 saturated heterocycles. The van der Waals surface area contributed by atoms with E-state index in [1.165, 1.54) is 19.3 Å². The number of aliphatic hydroxyl groups is 2. The van der Waals surface area contributed by atoms with Crippen molar-refractivity contribution in [1.82, 2.24) is 0 Å². The molecule has 0 aromatic rings. The maximum Gasteiger partial charge on any atom is 0.305 e. The topological polar surface area (TPSA) is 66.8 Å². The maximum absolute atomic E-state index is 11.4. The molecule has 0 heterocycles. The highest BCUT2D eigenvalue weighted by Gasteiger charge is 2.36. The Morgan fingerprint density at radius 1 is 0.968 bits per heavy atom. The van der Waals surface area contributed by atoms with Gasteiger partial charge in [0.2, 0.25) is 0 Å². The summed E-state index contributed by atoms with van der Waals surface area (Å²) in [5.74, 6) is 1.02. The molecule has 1 aliphatic rings. The molecule has 31 heavy (non-hydrogen) atoms. The SMILES string of the molecule is CCOC(=O)CCCCCCC1C(O)CCC1SCC(C)(O)CCCCCC(C)(C)C. The highest BCUT2D eigenvalue weighted by atomic mass is 32.2. The van der Waals surface area contributed by atoms with E-state index < -0.39 is 5.60 Å². The highest BCUT2D eigenvalue weighted by Crippen LogP contribution is 2.40. The third-order valence-electron chi connectivity index (χ3n) is 6.44. The van der Waals surface area contributed by atoms with Crippen LogP contribution < -0.4 is 0 Å². The van der Waals surface area contributed by atoms with E-state index in [0.717, 1.165) is 63.5 Å². The number of carbonyl (C=O) groups is 1. The predicted molar refractivity (Wildman–Crippen MR) is 132 cm³/mol. The summed E-state index contributed by atoms with van der Waals surface area (Å²) >= 11 is 1.88. The number of esters is 1. The van der Waals surface area contributed by atoms with Gasteiger partial charge in [0.05, 0.1) is 18.3 Å². The quantitative estimate of drug-likeness (QED) is 0.204. The Labute approximate surface area is 196 Å². The van der Waals surface area contributed by atoms with Gasteiger partial charge in [-0.2, -0.15) is 11.8 Å². The summed E-state index contributed by atoms with van der Waals surface area (Å²) in [6.45, 7) is 11.1. The van der Waals surface area contributed by atoms with E-state index in [9.17, 15) is 15.0 Å². The molecule has 0 aromatic heterocycles. The van der Waals surface area contributed by atoms with Crippen molar-refractivity contribution in [3.05, 3.63) is 0 Å². The summed E-state index contributed by atoms with van der Waals surface area (Å²) in [4.78, 5) is 11.4. The third-order valence-corrected chi connectivity index (χ3v) is 8.24. The van der Waals surface area contributed by atoms with Crippen molar-refractivity contribution in [1.29, 1.82) is 0 Å². The number of rotatable bonds is 16. The van der Waals surface area contributed by atoms with Crippen molar-refractivity contribution in [3.8, 4) is 0 Å². The van der Waals surface area contributed by atoms with Gasteiger partial charge in [0.25, 0.3) is 0 Å². The lowest BCUT2D eigenvalue weighted by atomic mass is 9.89. The molecule has 4 unspecified atom stereocenters. The van der Waals surface area contributed by atoms with E-state index in [4.69, 9.17) is 4.74 Å². The van der Waals surface area contributed by atoms with E-state index >= 15 is 0 Å². The smallest absolute Gasteiger partial charge is 0.305 e. The van der Waals surface area contributed by atoms with Crippen LogP contribution in [0.4, 0.5) is 0 Å². The summed E-state index contributed by atoms with van der Waals surface area (Å²) in [5, 5.41) is 21.7. The molecule has 184 valence electrons. The van der Waals surface area contributed by atoms with Crippen LogP contribution in [0, 0.1) is 11.3 Å². The molecule has 0 spiro atoms. The molecule has 2 N–H and O–H groups in total. The van der Waals surface area contributed by atoms with Gasteiger partial charge in [-0.1, -0.05) is 59.3 Å². The van der Waals surface area contributed by atoms with Gasteiger partial charge in [-0.15, -0.1) is 0 Å². The fourth-order valence-electron chi connectivity index (χ4n) is 4.53. The zero-order valence-corrected chi connectivity index (χ0v) is 21.8. The highest BCUT2D eigenvalue weighted by molar-refractivity contribution is 8.00. The summed E-state index contributed by atoms with van der Waals surface area (Å²) in [6, 6.07) is 0. The number of hydrogen-bond donors (Lipinski definition) is 2. The van der Waals surface area contributed by atoms with Crippen LogP contribution in [-0.4, -0.2) is 45.5 Å². The molecule has 1 rings (SSSR count). The van der Waals surface area contributed by atoms with Gasteiger partial charge in [-0.3, -0.25) is 4.79 Å². The Bertz CT molecular complexity index is 486. The van der Waals surface area contributed by atoms with Gasteiger partial charge in [0.1, 0.15) is 0 Å². The largest absolute Gasteiger partial charge is 0.466 e. The predicted octanol–water partition coefficient (Wildman–Crippen LogP) is 6.51. The van der Waals surface area contributed by atoms with Crippen LogP contribution in [0.5, 0.6) is 0 Å². The molecule has 0 radical (unpaired) electrons. The zero-order valence-electron chi connectivity index (χ0n) is 21.0. The molecule has 1 aliphatic carbocycles. The fourth-order valence-corrected chi connectivity index (χ4v) is 6.11. The van der Waals surface area contributed by atoms with E-state index in [1.807, 2.05) is 25.6 Å². The molecule has 1 saturated carbocycles. The Balaban J connectivity index is 2.23. The van der Waals surface area contributed by atoms with Gasteiger partial charge in [0, 0.05) is 17.4 Å². The Hall–Kier alpha value is -0.260. The van der Waals surface area contributed by atoms with Crippen LogP contribution in [0.1, 0.15) is 118 Å². The number of unbranched alkanes of at least 4 members (excludes halogenated alkanes) is 5. The summed E-state index contributed by atoms with van der Waals surface area (Å²) in [6.07, 6.45) is 13.1. The number of thioether (sulfide) groups is 1. The van der Waals surface area contributed by atoms with E-state index in [-0.39, 0.29) is 12.1 Å². The van der Waals surface area contributed by atoms with Crippen LogP contribution in [0.3, 0.4) is 0 Å². The summed E-state index contributed by atoms with van der Waals surface area (Å²) in [5.41, 5.74) is -0.213. The van der Waals surface area contributed by atoms with Crippen LogP contribution in [0.15, 0.2) is 0 Å². The first-order chi connectivity index (χ1) is 14.5.